The molecule has 0 saturated carbocycles. The Kier molecular flexibility index (Phi) is 3.72. The van der Waals surface area contributed by atoms with Crippen molar-refractivity contribution in [2.24, 2.45) is 0 Å². The quantitative estimate of drug-likeness (QED) is 0.594. The summed E-state index contributed by atoms with van der Waals surface area (Å²) >= 11 is 7.31. The van der Waals surface area contributed by atoms with E-state index in [-0.39, 0.29) is 3.92 Å². The predicted octanol–water partition coefficient (Wildman–Crippen LogP) is 1.50. The minimum absolute atomic E-state index is 0.0215. The molecular formula is C4H6ClIO2. The van der Waals surface area contributed by atoms with Crippen molar-refractivity contribution >= 4 is 40.2 Å². The zero-order chi connectivity index (χ0) is 6.73. The molecule has 0 aromatic rings. The number of carbonyl (C=O) groups is 1. The van der Waals surface area contributed by atoms with Gasteiger partial charge >= 0.3 is 5.97 Å². The average Bonchev–Trinajstić information content (AvgIpc) is 1.64. The Hall–Kier alpha value is 0.490. The molecule has 0 amide bonds. The van der Waals surface area contributed by atoms with Gasteiger partial charge in [0.25, 0.3) is 0 Å². The molecule has 2 nitrogen and oxygen atoms in total. The van der Waals surface area contributed by atoms with Crippen molar-refractivity contribution in [3.05, 3.63) is 0 Å². The SMILES string of the molecule is CC(I)C(Cl)C(=O)O. The molecule has 4 heteroatoms. The van der Waals surface area contributed by atoms with Crippen LogP contribution in [-0.2, 0) is 4.79 Å². The molecule has 0 radical (unpaired) electrons. The third-order valence-electron chi connectivity index (χ3n) is 0.639. The summed E-state index contributed by atoms with van der Waals surface area (Å²) in [6.45, 7) is 1.76. The number of hydrogen-bond donors (Lipinski definition) is 1. The number of carboxylic acid groups (broad SMARTS) is 1. The van der Waals surface area contributed by atoms with Gasteiger partial charge in [-0.25, -0.2) is 0 Å². The molecule has 1 N–H and O–H groups in total. The lowest BCUT2D eigenvalue weighted by Gasteiger charge is -2.03. The molecule has 0 aliphatic rings. The number of carboxylic acids is 1. The molecule has 0 aliphatic heterocycles. The van der Waals surface area contributed by atoms with Crippen LogP contribution < -0.4 is 0 Å². The van der Waals surface area contributed by atoms with Crippen molar-refractivity contribution in [1.82, 2.24) is 0 Å². The third kappa shape index (κ3) is 2.71. The Bertz CT molecular complexity index is 94.0. The van der Waals surface area contributed by atoms with E-state index in [1.807, 2.05) is 22.6 Å². The minimum atomic E-state index is -0.950. The lowest BCUT2D eigenvalue weighted by atomic mass is 10.3. The summed E-state index contributed by atoms with van der Waals surface area (Å²) in [7, 11) is 0. The van der Waals surface area contributed by atoms with Crippen LogP contribution in [0.25, 0.3) is 0 Å². The van der Waals surface area contributed by atoms with Crippen molar-refractivity contribution < 1.29 is 9.90 Å². The molecule has 2 atom stereocenters. The third-order valence-corrected chi connectivity index (χ3v) is 2.35. The van der Waals surface area contributed by atoms with Gasteiger partial charge in [0.1, 0.15) is 5.38 Å². The Labute approximate surface area is 66.4 Å². The zero-order valence-electron chi connectivity index (χ0n) is 4.27. The van der Waals surface area contributed by atoms with Crippen LogP contribution >= 0.6 is 34.2 Å². The molecule has 0 rings (SSSR count). The molecule has 48 valence electrons. The Morgan fingerprint density at radius 3 is 2.25 bits per heavy atom. The fourth-order valence-electron chi connectivity index (χ4n) is 0.196. The van der Waals surface area contributed by atoms with Gasteiger partial charge in [0.15, 0.2) is 0 Å². The highest BCUT2D eigenvalue weighted by atomic mass is 127. The molecule has 2 unspecified atom stereocenters. The van der Waals surface area contributed by atoms with E-state index in [0.29, 0.717) is 0 Å². The van der Waals surface area contributed by atoms with E-state index < -0.39 is 11.3 Å². The molecular weight excluding hydrogens is 242 g/mol. The Morgan fingerprint density at radius 2 is 2.25 bits per heavy atom. The van der Waals surface area contributed by atoms with Crippen molar-refractivity contribution in [2.75, 3.05) is 0 Å². The van der Waals surface area contributed by atoms with Crippen LogP contribution in [0.2, 0.25) is 0 Å². The van der Waals surface area contributed by atoms with Crippen molar-refractivity contribution in [3.8, 4) is 0 Å². The molecule has 0 saturated heterocycles. The van der Waals surface area contributed by atoms with Crippen LogP contribution in [0, 0.1) is 0 Å². The maximum absolute atomic E-state index is 10.0. The molecule has 0 fully saturated rings. The number of aliphatic carboxylic acids is 1. The minimum Gasteiger partial charge on any atom is -0.480 e. The van der Waals surface area contributed by atoms with Crippen LogP contribution in [0.15, 0.2) is 0 Å². The highest BCUT2D eigenvalue weighted by Crippen LogP contribution is 2.11. The Morgan fingerprint density at radius 1 is 1.88 bits per heavy atom. The summed E-state index contributed by atoms with van der Waals surface area (Å²) in [5.74, 6) is -0.950. The van der Waals surface area contributed by atoms with E-state index in [1.165, 1.54) is 0 Å². The van der Waals surface area contributed by atoms with E-state index in [4.69, 9.17) is 16.7 Å². The van der Waals surface area contributed by atoms with Crippen molar-refractivity contribution in [3.63, 3.8) is 0 Å². The summed E-state index contributed by atoms with van der Waals surface area (Å²) in [4.78, 5) is 10.0. The summed E-state index contributed by atoms with van der Waals surface area (Å²) in [6, 6.07) is 0. The molecule has 0 aromatic heterocycles. The van der Waals surface area contributed by atoms with Gasteiger partial charge in [-0.15, -0.1) is 11.6 Å². The van der Waals surface area contributed by atoms with E-state index >= 15 is 0 Å². The van der Waals surface area contributed by atoms with E-state index in [2.05, 4.69) is 0 Å². The van der Waals surface area contributed by atoms with Gasteiger partial charge in [-0.3, -0.25) is 4.79 Å². The smallest absolute Gasteiger partial charge is 0.322 e. The molecule has 0 spiro atoms. The Balaban J connectivity index is 3.64. The highest BCUT2D eigenvalue weighted by molar-refractivity contribution is 14.1. The zero-order valence-corrected chi connectivity index (χ0v) is 7.18. The first kappa shape index (κ1) is 8.49. The normalized spacial score (nSPS) is 17.4. The monoisotopic (exact) mass is 248 g/mol. The summed E-state index contributed by atoms with van der Waals surface area (Å²) in [6.07, 6.45) is 0. The van der Waals surface area contributed by atoms with E-state index in [1.54, 1.807) is 6.92 Å². The summed E-state index contributed by atoms with van der Waals surface area (Å²) in [5.41, 5.74) is 0. The van der Waals surface area contributed by atoms with Crippen molar-refractivity contribution in [1.29, 1.82) is 0 Å². The average molecular weight is 248 g/mol. The second kappa shape index (κ2) is 3.50. The second-order valence-electron chi connectivity index (χ2n) is 1.42. The van der Waals surface area contributed by atoms with Gasteiger partial charge in [0.05, 0.1) is 0 Å². The second-order valence-corrected chi connectivity index (χ2v) is 3.85. The van der Waals surface area contributed by atoms with Crippen LogP contribution in [0.5, 0.6) is 0 Å². The highest BCUT2D eigenvalue weighted by Gasteiger charge is 2.18. The van der Waals surface area contributed by atoms with Gasteiger partial charge < -0.3 is 5.11 Å². The summed E-state index contributed by atoms with van der Waals surface area (Å²) in [5, 5.41) is 7.46. The standard InChI is InChI=1S/C4H6ClIO2/c1-2(6)3(5)4(7)8/h2-3H,1H3,(H,7,8). The molecule has 0 heterocycles. The lowest BCUT2D eigenvalue weighted by molar-refractivity contribution is -0.136. The van der Waals surface area contributed by atoms with E-state index in [9.17, 15) is 4.79 Å². The van der Waals surface area contributed by atoms with Gasteiger partial charge in [0, 0.05) is 3.92 Å². The van der Waals surface area contributed by atoms with Crippen LogP contribution in [0.4, 0.5) is 0 Å². The van der Waals surface area contributed by atoms with Gasteiger partial charge in [-0.2, -0.15) is 0 Å². The maximum Gasteiger partial charge on any atom is 0.322 e. The number of rotatable bonds is 2. The molecule has 0 bridgehead atoms. The van der Waals surface area contributed by atoms with Crippen molar-refractivity contribution in [2.45, 2.75) is 16.2 Å². The number of hydrogen-bond acceptors (Lipinski definition) is 1. The first-order valence-electron chi connectivity index (χ1n) is 2.06. The van der Waals surface area contributed by atoms with E-state index in [0.717, 1.165) is 0 Å². The predicted molar refractivity (Wildman–Crippen MR) is 40.8 cm³/mol. The van der Waals surface area contributed by atoms with Gasteiger partial charge in [-0.05, 0) is 0 Å². The molecule has 0 aliphatic carbocycles. The topological polar surface area (TPSA) is 37.3 Å². The maximum atomic E-state index is 10.0. The van der Waals surface area contributed by atoms with Gasteiger partial charge in [0.2, 0.25) is 0 Å². The van der Waals surface area contributed by atoms with Crippen LogP contribution in [0.1, 0.15) is 6.92 Å². The van der Waals surface area contributed by atoms with Crippen LogP contribution in [-0.4, -0.2) is 20.4 Å². The fraction of sp³-hybridized carbons (Fsp3) is 0.750. The van der Waals surface area contributed by atoms with Crippen LogP contribution in [0.3, 0.4) is 0 Å². The number of halogens is 2. The summed E-state index contributed by atoms with van der Waals surface area (Å²) < 4.78 is -0.0215. The molecule has 8 heavy (non-hydrogen) atoms. The largest absolute Gasteiger partial charge is 0.480 e. The first-order chi connectivity index (χ1) is 3.55. The van der Waals surface area contributed by atoms with Gasteiger partial charge in [-0.1, -0.05) is 29.5 Å². The first-order valence-corrected chi connectivity index (χ1v) is 3.75. The molecule has 0 aromatic carbocycles. The number of alkyl halides is 2. The lowest BCUT2D eigenvalue weighted by Crippen LogP contribution is -2.21. The fourth-order valence-corrected chi connectivity index (χ4v) is 0.504.